The van der Waals surface area contributed by atoms with Crippen LogP contribution in [0, 0.1) is 6.92 Å². The molecule has 0 N–H and O–H groups in total. The Morgan fingerprint density at radius 1 is 0.618 bits per heavy atom. The normalized spacial score (nSPS) is 11.9. The molecule has 0 radical (unpaired) electrons. The van der Waals surface area contributed by atoms with Gasteiger partial charge in [0.1, 0.15) is 0 Å². The third kappa shape index (κ3) is 2.52. The van der Waals surface area contributed by atoms with Gasteiger partial charge in [-0.1, -0.05) is 66.2 Å². The van der Waals surface area contributed by atoms with Crippen LogP contribution < -0.4 is 9.51 Å². The molecule has 0 bridgehead atoms. The number of carboxylic acids is 1. The van der Waals surface area contributed by atoms with Gasteiger partial charge in [0, 0.05) is 22.9 Å². The lowest BCUT2D eigenvalue weighted by atomic mass is 9.93. The van der Waals surface area contributed by atoms with Crippen molar-refractivity contribution in [1.29, 1.82) is 0 Å². The zero-order valence-corrected chi connectivity index (χ0v) is 18.5. The topological polar surface area (TPSA) is 44.2 Å². The first-order chi connectivity index (χ1) is 16.6. The lowest BCUT2D eigenvalue weighted by Crippen LogP contribution is -2.27. The number of pyridine rings is 3. The maximum Gasteiger partial charge on any atom is 0.227 e. The predicted molar refractivity (Wildman–Crippen MR) is 135 cm³/mol. The highest BCUT2D eigenvalue weighted by molar-refractivity contribution is 6.22. The van der Waals surface area contributed by atoms with Crippen molar-refractivity contribution in [3.63, 3.8) is 0 Å². The van der Waals surface area contributed by atoms with Crippen molar-refractivity contribution in [2.45, 2.75) is 6.92 Å². The standard InChI is InChI=1S/C31H19NO2/c1-18-10-12-19(13-11-18)20-16-28-24-8-4-2-6-22(24)26-14-21(31(33)34)15-27-23-7-3-5-9-25(23)29(17-20)32(28)30(26)27/h2-17H,1H3. The quantitative estimate of drug-likeness (QED) is 0.194. The van der Waals surface area contributed by atoms with Gasteiger partial charge in [0.15, 0.2) is 0 Å². The Labute approximate surface area is 195 Å². The number of nitrogens with zero attached hydrogens (tertiary/aromatic N) is 1. The van der Waals surface area contributed by atoms with E-state index in [4.69, 9.17) is 0 Å². The van der Waals surface area contributed by atoms with Crippen molar-refractivity contribution in [3.05, 3.63) is 108 Å². The van der Waals surface area contributed by atoms with E-state index in [0.29, 0.717) is 0 Å². The predicted octanol–water partition coefficient (Wildman–Crippen LogP) is 5.81. The van der Waals surface area contributed by atoms with E-state index in [1.54, 1.807) is 12.1 Å². The smallest absolute Gasteiger partial charge is 0.227 e. The van der Waals surface area contributed by atoms with Gasteiger partial charge in [0.25, 0.3) is 0 Å². The highest BCUT2D eigenvalue weighted by Gasteiger charge is 2.25. The molecular formula is C31H19NO2. The van der Waals surface area contributed by atoms with Crippen molar-refractivity contribution in [3.8, 4) is 11.1 Å². The Kier molecular flexibility index (Phi) is 3.78. The number of fused-ring (bicyclic) bond motifs is 6. The molecule has 0 aliphatic carbocycles. The van der Waals surface area contributed by atoms with Crippen molar-refractivity contribution >= 4 is 54.8 Å². The van der Waals surface area contributed by atoms with Gasteiger partial charge in [-0.15, -0.1) is 0 Å². The summed E-state index contributed by atoms with van der Waals surface area (Å²) >= 11 is 0. The van der Waals surface area contributed by atoms with Crippen LogP contribution in [0.15, 0.2) is 97.1 Å². The minimum Gasteiger partial charge on any atom is -0.545 e. The zero-order valence-electron chi connectivity index (χ0n) is 18.5. The Morgan fingerprint density at radius 3 is 1.62 bits per heavy atom. The summed E-state index contributed by atoms with van der Waals surface area (Å²) in [5.74, 6) is -1.16. The van der Waals surface area contributed by atoms with Crippen molar-refractivity contribution < 1.29 is 14.3 Å². The second kappa shape index (κ2) is 6.75. The molecule has 0 amide bonds. The molecule has 0 aliphatic heterocycles. The fraction of sp³-hybridized carbons (Fsp3) is 0.0323. The molecule has 0 unspecified atom stereocenters. The Bertz CT molecular complexity index is 1830. The van der Waals surface area contributed by atoms with Crippen LogP contribution in [0.2, 0.25) is 0 Å². The van der Waals surface area contributed by atoms with Crippen LogP contribution >= 0.6 is 0 Å². The molecule has 4 aromatic carbocycles. The molecule has 0 saturated heterocycles. The number of aromatic carboxylic acids is 1. The van der Waals surface area contributed by atoms with Crippen LogP contribution in [0.4, 0.5) is 0 Å². The number of hydrogen-bond donors (Lipinski definition) is 0. The Balaban J connectivity index is 1.81. The number of benzene rings is 4. The van der Waals surface area contributed by atoms with Crippen molar-refractivity contribution in [2.24, 2.45) is 0 Å². The number of carbonyl (C=O) groups excluding carboxylic acids is 1. The molecule has 7 rings (SSSR count). The minimum absolute atomic E-state index is 0.196. The summed E-state index contributed by atoms with van der Waals surface area (Å²) < 4.78 is 2.30. The van der Waals surface area contributed by atoms with Crippen LogP contribution in [0.3, 0.4) is 0 Å². The largest absolute Gasteiger partial charge is 0.545 e. The van der Waals surface area contributed by atoms with Gasteiger partial charge < -0.3 is 9.90 Å². The number of carboxylic acid groups (broad SMARTS) is 1. The summed E-state index contributed by atoms with van der Waals surface area (Å²) in [6.45, 7) is 2.10. The fourth-order valence-electron chi connectivity index (χ4n) is 5.43. The van der Waals surface area contributed by atoms with Gasteiger partial charge in [-0.2, -0.15) is 4.40 Å². The van der Waals surface area contributed by atoms with E-state index >= 15 is 0 Å². The number of carbonyl (C=O) groups is 1. The molecule has 7 aromatic rings. The van der Waals surface area contributed by atoms with Crippen LogP contribution in [0.1, 0.15) is 15.9 Å². The summed E-state index contributed by atoms with van der Waals surface area (Å²) in [4.78, 5) is 11.9. The van der Waals surface area contributed by atoms with Crippen LogP contribution in [-0.2, 0) is 0 Å². The molecule has 0 aliphatic rings. The van der Waals surface area contributed by atoms with E-state index in [-0.39, 0.29) is 5.56 Å². The second-order valence-electron chi connectivity index (χ2n) is 9.01. The molecular weight excluding hydrogens is 418 g/mol. The maximum absolute atomic E-state index is 11.9. The number of aryl methyl sites for hydroxylation is 1. The van der Waals surface area contributed by atoms with Gasteiger partial charge in [-0.05, 0) is 47.9 Å². The Morgan fingerprint density at radius 2 is 1.12 bits per heavy atom. The second-order valence-corrected chi connectivity index (χ2v) is 9.01. The molecule has 3 aromatic heterocycles. The highest BCUT2D eigenvalue weighted by atomic mass is 16.4. The minimum atomic E-state index is -1.16. The van der Waals surface area contributed by atoms with E-state index in [1.165, 1.54) is 11.1 Å². The molecule has 160 valence electrons. The van der Waals surface area contributed by atoms with Crippen LogP contribution in [-0.4, -0.2) is 5.97 Å². The molecule has 0 fully saturated rings. The third-order valence-electron chi connectivity index (χ3n) is 7.01. The summed E-state index contributed by atoms with van der Waals surface area (Å²) in [7, 11) is 0. The first-order valence-electron chi connectivity index (χ1n) is 11.4. The number of rotatable bonds is 2. The fourth-order valence-corrected chi connectivity index (χ4v) is 5.43. The van der Waals surface area contributed by atoms with Gasteiger partial charge >= 0.3 is 0 Å². The van der Waals surface area contributed by atoms with Crippen molar-refractivity contribution in [1.82, 2.24) is 0 Å². The van der Waals surface area contributed by atoms with Gasteiger partial charge in [-0.25, -0.2) is 0 Å². The zero-order chi connectivity index (χ0) is 23.0. The Hall–Kier alpha value is -4.50. The van der Waals surface area contributed by atoms with Gasteiger partial charge in [0.2, 0.25) is 16.6 Å². The molecule has 3 heterocycles. The molecule has 0 atom stereocenters. The summed E-state index contributed by atoms with van der Waals surface area (Å²) in [6, 6.07) is 33.1. The molecule has 34 heavy (non-hydrogen) atoms. The number of hydrogen-bond acceptors (Lipinski definition) is 2. The summed E-state index contributed by atoms with van der Waals surface area (Å²) in [5, 5.41) is 18.0. The van der Waals surface area contributed by atoms with E-state index in [1.807, 2.05) is 24.3 Å². The average Bonchev–Trinajstić information content (AvgIpc) is 2.88. The maximum atomic E-state index is 11.9. The lowest BCUT2D eigenvalue weighted by molar-refractivity contribution is -0.448. The van der Waals surface area contributed by atoms with Crippen LogP contribution in [0.5, 0.6) is 0 Å². The first-order valence-corrected chi connectivity index (χ1v) is 11.4. The molecule has 0 spiro atoms. The van der Waals surface area contributed by atoms with Crippen LogP contribution in [0.25, 0.3) is 60.0 Å². The summed E-state index contributed by atoms with van der Waals surface area (Å²) in [6.07, 6.45) is 0. The monoisotopic (exact) mass is 437 g/mol. The lowest BCUT2D eigenvalue weighted by Gasteiger charge is -2.14. The SMILES string of the molecule is Cc1ccc(-c2cc3c4ccccc4c4cc(C(=O)[O-])cc5c6ccccc6c(c2)[n+]3c45)cc1. The van der Waals surface area contributed by atoms with E-state index < -0.39 is 5.97 Å². The van der Waals surface area contributed by atoms with E-state index in [9.17, 15) is 9.90 Å². The van der Waals surface area contributed by atoms with Gasteiger partial charge in [0.05, 0.1) is 27.5 Å². The van der Waals surface area contributed by atoms with E-state index in [2.05, 4.69) is 72.0 Å². The highest BCUT2D eigenvalue weighted by Crippen LogP contribution is 2.37. The van der Waals surface area contributed by atoms with E-state index in [0.717, 1.165) is 54.4 Å². The molecule has 3 heteroatoms. The first kappa shape index (κ1) is 19.0. The molecule has 3 nitrogen and oxygen atoms in total. The average molecular weight is 437 g/mol. The van der Waals surface area contributed by atoms with Gasteiger partial charge in [-0.3, -0.25) is 0 Å². The summed E-state index contributed by atoms with van der Waals surface area (Å²) in [5.41, 5.74) is 7.00. The number of aromatic nitrogens is 1. The molecule has 0 saturated carbocycles. The third-order valence-corrected chi connectivity index (χ3v) is 7.01. The van der Waals surface area contributed by atoms with Crippen molar-refractivity contribution in [2.75, 3.05) is 0 Å².